The summed E-state index contributed by atoms with van der Waals surface area (Å²) >= 11 is 0. The topological polar surface area (TPSA) is 149 Å². The molecule has 3 saturated heterocycles. The fraction of sp³-hybridized carbons (Fsp3) is 0.643. The van der Waals surface area contributed by atoms with E-state index in [0.29, 0.717) is 38.8 Å². The van der Waals surface area contributed by atoms with Crippen LogP contribution in [0.25, 0.3) is 0 Å². The van der Waals surface area contributed by atoms with E-state index < -0.39 is 36.4 Å². The van der Waals surface area contributed by atoms with Crippen LogP contribution in [0.1, 0.15) is 45.1 Å². The number of carbonyl (C=O) groups excluding carboxylic acids is 4. The molecule has 214 valence electrons. The van der Waals surface area contributed by atoms with Crippen molar-refractivity contribution in [2.45, 2.75) is 82.3 Å². The fourth-order valence-electron chi connectivity index (χ4n) is 5.59. The minimum atomic E-state index is -0.984. The lowest BCUT2D eigenvalue weighted by atomic mass is 9.97. The zero-order chi connectivity index (χ0) is 27.9. The largest absolute Gasteiger partial charge is 0.388 e. The SMILES string of the molecule is CC(C)C[C@H]1NC(=O)[C@H]2CCCN2C(=O)[C@H](Cc2ccccc2)NC(=O)CNC[C@H]2OCC[C@H](NC1=O)[C@@H]2O. The van der Waals surface area contributed by atoms with E-state index in [1.54, 1.807) is 0 Å². The Hall–Kier alpha value is -3.02. The highest BCUT2D eigenvalue weighted by atomic mass is 16.5. The van der Waals surface area contributed by atoms with Crippen LogP contribution in [-0.2, 0) is 30.3 Å². The van der Waals surface area contributed by atoms with E-state index in [2.05, 4.69) is 21.3 Å². The summed E-state index contributed by atoms with van der Waals surface area (Å²) in [5, 5.41) is 22.6. The van der Waals surface area contributed by atoms with E-state index in [1.165, 1.54) is 4.90 Å². The molecule has 0 spiro atoms. The average molecular weight is 544 g/mol. The molecule has 39 heavy (non-hydrogen) atoms. The van der Waals surface area contributed by atoms with E-state index in [-0.39, 0.29) is 49.1 Å². The van der Waals surface area contributed by atoms with Crippen LogP contribution >= 0.6 is 0 Å². The lowest BCUT2D eigenvalue weighted by Crippen LogP contribution is -2.60. The number of hydrogen-bond acceptors (Lipinski definition) is 7. The average Bonchev–Trinajstić information content (AvgIpc) is 3.39. The Labute approximate surface area is 229 Å². The molecule has 11 nitrogen and oxygen atoms in total. The first-order valence-corrected chi connectivity index (χ1v) is 14.0. The van der Waals surface area contributed by atoms with Gasteiger partial charge in [0.15, 0.2) is 0 Å². The number of aliphatic hydroxyl groups is 1. The Morgan fingerprint density at radius 1 is 1.00 bits per heavy atom. The minimum absolute atomic E-state index is 0.0808. The highest BCUT2D eigenvalue weighted by Crippen LogP contribution is 2.21. The Kier molecular flexibility index (Phi) is 9.93. The summed E-state index contributed by atoms with van der Waals surface area (Å²) in [5.41, 5.74) is 0.883. The standard InChI is InChI=1S/C28H41N5O6/c1-17(2)13-20-26(36)31-19-10-12-39-23(25(19)35)15-29-16-24(34)30-21(14-18-7-4-3-5-8-18)28(38)33-11-6-9-22(33)27(37)32-20/h3-5,7-8,17,19-23,25,29,35H,6,9-16H2,1-2H3,(H,30,34)(H,31,36)(H,32,37)/t19-,20+,21-,22+,23+,25-/m0/s1. The lowest BCUT2D eigenvalue weighted by Gasteiger charge is -2.36. The van der Waals surface area contributed by atoms with Crippen molar-refractivity contribution in [3.05, 3.63) is 35.9 Å². The van der Waals surface area contributed by atoms with Crippen molar-refractivity contribution in [1.82, 2.24) is 26.2 Å². The molecular formula is C28H41N5O6. The zero-order valence-electron chi connectivity index (χ0n) is 22.7. The van der Waals surface area contributed by atoms with Gasteiger partial charge in [0, 0.05) is 26.1 Å². The monoisotopic (exact) mass is 543 g/mol. The summed E-state index contributed by atoms with van der Waals surface area (Å²) in [6, 6.07) is 6.46. The maximum atomic E-state index is 13.8. The van der Waals surface area contributed by atoms with Crippen LogP contribution < -0.4 is 21.3 Å². The molecule has 3 aliphatic rings. The number of benzene rings is 1. The maximum Gasteiger partial charge on any atom is 0.246 e. The third-order valence-electron chi connectivity index (χ3n) is 7.61. The van der Waals surface area contributed by atoms with E-state index >= 15 is 0 Å². The summed E-state index contributed by atoms with van der Waals surface area (Å²) in [7, 11) is 0. The number of nitrogens with zero attached hydrogens (tertiary/aromatic N) is 1. The number of fused-ring (bicyclic) bond motifs is 3. The molecule has 2 bridgehead atoms. The maximum absolute atomic E-state index is 13.8. The summed E-state index contributed by atoms with van der Waals surface area (Å²) in [5.74, 6) is -1.33. The Balaban J connectivity index is 1.61. The molecule has 1 aromatic rings. The van der Waals surface area contributed by atoms with Crippen molar-refractivity contribution < 1.29 is 29.0 Å². The van der Waals surface area contributed by atoms with Crippen LogP contribution in [0.5, 0.6) is 0 Å². The van der Waals surface area contributed by atoms with Crippen LogP contribution in [0.15, 0.2) is 30.3 Å². The Bertz CT molecular complexity index is 1020. The molecular weight excluding hydrogens is 502 g/mol. The molecule has 3 heterocycles. The van der Waals surface area contributed by atoms with Gasteiger partial charge in [0.05, 0.1) is 18.7 Å². The summed E-state index contributed by atoms with van der Waals surface area (Å²) < 4.78 is 5.71. The summed E-state index contributed by atoms with van der Waals surface area (Å²) in [4.78, 5) is 55.0. The van der Waals surface area contributed by atoms with Gasteiger partial charge in [-0.05, 0) is 37.2 Å². The molecule has 0 radical (unpaired) electrons. The van der Waals surface area contributed by atoms with Crippen LogP contribution in [-0.4, -0.2) is 96.3 Å². The van der Waals surface area contributed by atoms with Gasteiger partial charge in [0.1, 0.15) is 24.2 Å². The third-order valence-corrected chi connectivity index (χ3v) is 7.61. The second-order valence-electron chi connectivity index (χ2n) is 11.1. The Morgan fingerprint density at radius 3 is 2.51 bits per heavy atom. The quantitative estimate of drug-likeness (QED) is 0.343. The van der Waals surface area contributed by atoms with Gasteiger partial charge >= 0.3 is 0 Å². The minimum Gasteiger partial charge on any atom is -0.388 e. The van der Waals surface area contributed by atoms with Gasteiger partial charge in [-0.15, -0.1) is 0 Å². The van der Waals surface area contributed by atoms with Crippen LogP contribution in [0.4, 0.5) is 0 Å². The lowest BCUT2D eigenvalue weighted by molar-refractivity contribution is -0.142. The molecule has 4 rings (SSSR count). The fourth-order valence-corrected chi connectivity index (χ4v) is 5.59. The number of amides is 4. The van der Waals surface area contributed by atoms with E-state index in [9.17, 15) is 24.3 Å². The van der Waals surface area contributed by atoms with Gasteiger partial charge in [-0.25, -0.2) is 0 Å². The van der Waals surface area contributed by atoms with Crippen molar-refractivity contribution in [1.29, 1.82) is 0 Å². The normalized spacial score (nSPS) is 31.2. The third kappa shape index (κ3) is 7.55. The number of carbonyl (C=O) groups is 4. The van der Waals surface area contributed by atoms with Gasteiger partial charge in [-0.2, -0.15) is 0 Å². The highest BCUT2D eigenvalue weighted by molar-refractivity contribution is 5.95. The smallest absolute Gasteiger partial charge is 0.246 e. The first-order chi connectivity index (χ1) is 18.7. The van der Waals surface area contributed by atoms with E-state index in [0.717, 1.165) is 5.56 Å². The molecule has 1 aromatic carbocycles. The van der Waals surface area contributed by atoms with Gasteiger partial charge in [0.25, 0.3) is 0 Å². The molecule has 0 unspecified atom stereocenters. The first-order valence-electron chi connectivity index (χ1n) is 14.0. The van der Waals surface area contributed by atoms with Crippen molar-refractivity contribution in [2.75, 3.05) is 26.2 Å². The summed E-state index contributed by atoms with van der Waals surface area (Å²) in [6.07, 6.45) is 0.629. The van der Waals surface area contributed by atoms with Gasteiger partial charge < -0.3 is 36.0 Å². The molecule has 0 aromatic heterocycles. The van der Waals surface area contributed by atoms with E-state index in [4.69, 9.17) is 4.74 Å². The zero-order valence-corrected chi connectivity index (χ0v) is 22.7. The predicted molar refractivity (Wildman–Crippen MR) is 143 cm³/mol. The second kappa shape index (κ2) is 13.4. The van der Waals surface area contributed by atoms with Crippen molar-refractivity contribution in [2.24, 2.45) is 5.92 Å². The number of rotatable bonds is 4. The molecule has 0 saturated carbocycles. The van der Waals surface area contributed by atoms with Gasteiger partial charge in [-0.3, -0.25) is 19.2 Å². The predicted octanol–water partition coefficient (Wildman–Crippen LogP) is -0.526. The van der Waals surface area contributed by atoms with Gasteiger partial charge in [-0.1, -0.05) is 44.2 Å². The number of ether oxygens (including phenoxy) is 1. The van der Waals surface area contributed by atoms with Crippen LogP contribution in [0.2, 0.25) is 0 Å². The molecule has 3 aliphatic heterocycles. The molecule has 6 atom stereocenters. The van der Waals surface area contributed by atoms with Crippen LogP contribution in [0.3, 0.4) is 0 Å². The second-order valence-corrected chi connectivity index (χ2v) is 11.1. The summed E-state index contributed by atoms with van der Waals surface area (Å²) in [6.45, 7) is 4.78. The number of nitrogens with one attached hydrogen (secondary N) is 4. The van der Waals surface area contributed by atoms with Crippen molar-refractivity contribution in [3.8, 4) is 0 Å². The molecule has 4 amide bonds. The number of hydrogen-bond donors (Lipinski definition) is 5. The Morgan fingerprint density at radius 2 is 1.77 bits per heavy atom. The van der Waals surface area contributed by atoms with E-state index in [1.807, 2.05) is 44.2 Å². The molecule has 5 N–H and O–H groups in total. The molecule has 11 heteroatoms. The van der Waals surface area contributed by atoms with Gasteiger partial charge in [0.2, 0.25) is 23.6 Å². The first kappa shape index (κ1) is 29.0. The molecule has 0 aliphatic carbocycles. The van der Waals surface area contributed by atoms with Crippen molar-refractivity contribution in [3.63, 3.8) is 0 Å². The highest BCUT2D eigenvalue weighted by Gasteiger charge is 2.40. The van der Waals surface area contributed by atoms with Crippen LogP contribution in [0, 0.1) is 5.92 Å². The number of aliphatic hydroxyl groups excluding tert-OH is 1. The van der Waals surface area contributed by atoms with Crippen molar-refractivity contribution >= 4 is 23.6 Å². The molecule has 3 fully saturated rings.